The monoisotopic (exact) mass is 444 g/mol. The number of benzene rings is 3. The van der Waals surface area contributed by atoms with E-state index in [1.54, 1.807) is 0 Å². The van der Waals surface area contributed by atoms with Gasteiger partial charge in [0.05, 0.1) is 6.42 Å². The topological polar surface area (TPSA) is 106 Å². The minimum atomic E-state index is -0.691. The molecule has 3 rings (SSSR count). The summed E-state index contributed by atoms with van der Waals surface area (Å²) in [6.45, 7) is 1.30. The van der Waals surface area contributed by atoms with E-state index in [2.05, 4.69) is 5.32 Å². The molecule has 2 amide bonds. The molecule has 0 radical (unpaired) electrons. The quantitative estimate of drug-likeness (QED) is 0.495. The predicted octanol–water partition coefficient (Wildman–Crippen LogP) is 2.83. The number of ketones is 2. The number of rotatable bonds is 9. The standard InChI is InChI=1S/C17H18N2O2.C10H10O2/c18-17(21)15(11-13-7-3-1-4-8-13)19-16(20)12-14-9-5-2-6-10-14;1-8(11)10(12)7-9-5-3-2-4-6-9/h1-10,15H,11-12H2,(H2,18,21)(H,19,20);2-6H,7H2,1H3. The molecule has 0 bridgehead atoms. The molecule has 6 heteroatoms. The largest absolute Gasteiger partial charge is 0.368 e. The Kier molecular flexibility index (Phi) is 10.2. The first-order valence-electron chi connectivity index (χ1n) is 10.6. The Bertz CT molecular complexity index is 1050. The Hall–Kier alpha value is -4.06. The van der Waals surface area contributed by atoms with E-state index in [4.69, 9.17) is 5.73 Å². The van der Waals surface area contributed by atoms with Crippen molar-refractivity contribution in [3.63, 3.8) is 0 Å². The summed E-state index contributed by atoms with van der Waals surface area (Å²) in [6, 6.07) is 27.4. The lowest BCUT2D eigenvalue weighted by Crippen LogP contribution is -2.46. The second kappa shape index (κ2) is 13.4. The highest BCUT2D eigenvalue weighted by atomic mass is 16.2. The molecule has 170 valence electrons. The predicted molar refractivity (Wildman–Crippen MR) is 127 cm³/mol. The lowest BCUT2D eigenvalue weighted by Gasteiger charge is -2.15. The molecule has 0 spiro atoms. The highest BCUT2D eigenvalue weighted by Crippen LogP contribution is 2.05. The molecule has 1 unspecified atom stereocenters. The van der Waals surface area contributed by atoms with Gasteiger partial charge in [0.1, 0.15) is 6.04 Å². The van der Waals surface area contributed by atoms with Crippen LogP contribution in [-0.4, -0.2) is 29.4 Å². The van der Waals surface area contributed by atoms with Crippen LogP contribution in [0.2, 0.25) is 0 Å². The smallest absolute Gasteiger partial charge is 0.240 e. The summed E-state index contributed by atoms with van der Waals surface area (Å²) < 4.78 is 0. The van der Waals surface area contributed by atoms with Gasteiger partial charge in [-0.15, -0.1) is 0 Å². The number of nitrogens with one attached hydrogen (secondary N) is 1. The van der Waals surface area contributed by atoms with Crippen molar-refractivity contribution in [2.45, 2.75) is 32.2 Å². The fourth-order valence-corrected chi connectivity index (χ4v) is 3.00. The van der Waals surface area contributed by atoms with Crippen LogP contribution >= 0.6 is 0 Å². The van der Waals surface area contributed by atoms with Gasteiger partial charge >= 0.3 is 0 Å². The molecule has 0 aliphatic rings. The van der Waals surface area contributed by atoms with Gasteiger partial charge in [0.25, 0.3) is 0 Å². The number of nitrogens with two attached hydrogens (primary N) is 1. The molecular weight excluding hydrogens is 416 g/mol. The summed E-state index contributed by atoms with van der Waals surface area (Å²) >= 11 is 0. The fourth-order valence-electron chi connectivity index (χ4n) is 3.00. The molecule has 3 aromatic rings. The zero-order chi connectivity index (χ0) is 24.1. The number of carbonyl (C=O) groups is 4. The minimum absolute atomic E-state index is 0.207. The van der Waals surface area contributed by atoms with Crippen LogP contribution in [0.15, 0.2) is 91.0 Å². The molecule has 0 fully saturated rings. The van der Waals surface area contributed by atoms with E-state index < -0.39 is 11.9 Å². The van der Waals surface area contributed by atoms with Crippen LogP contribution in [-0.2, 0) is 38.4 Å². The summed E-state index contributed by atoms with van der Waals surface area (Å²) in [5.41, 5.74) is 8.12. The van der Waals surface area contributed by atoms with Crippen LogP contribution in [0.4, 0.5) is 0 Å². The van der Waals surface area contributed by atoms with Crippen molar-refractivity contribution in [3.05, 3.63) is 108 Å². The van der Waals surface area contributed by atoms with Crippen molar-refractivity contribution in [1.29, 1.82) is 0 Å². The van der Waals surface area contributed by atoms with Crippen molar-refractivity contribution in [1.82, 2.24) is 5.32 Å². The Labute approximate surface area is 193 Å². The van der Waals surface area contributed by atoms with Gasteiger partial charge in [-0.05, 0) is 16.7 Å². The number of carbonyl (C=O) groups excluding carboxylic acids is 4. The zero-order valence-corrected chi connectivity index (χ0v) is 18.6. The molecule has 0 aliphatic heterocycles. The molecular formula is C27H28N2O4. The molecule has 0 aliphatic carbocycles. The molecule has 3 aromatic carbocycles. The van der Waals surface area contributed by atoms with E-state index in [0.717, 1.165) is 16.7 Å². The number of primary amides is 1. The van der Waals surface area contributed by atoms with Crippen LogP contribution in [0.3, 0.4) is 0 Å². The number of hydrogen-bond acceptors (Lipinski definition) is 4. The van der Waals surface area contributed by atoms with Crippen LogP contribution < -0.4 is 11.1 Å². The summed E-state index contributed by atoms with van der Waals surface area (Å²) in [5, 5.41) is 2.70. The number of amides is 2. The van der Waals surface area contributed by atoms with Crippen molar-refractivity contribution in [2.75, 3.05) is 0 Å². The van der Waals surface area contributed by atoms with Gasteiger partial charge in [0.15, 0.2) is 5.78 Å². The van der Waals surface area contributed by atoms with Crippen molar-refractivity contribution >= 4 is 23.4 Å². The second-order valence-electron chi connectivity index (χ2n) is 7.52. The Morgan fingerprint density at radius 1 is 0.697 bits per heavy atom. The van der Waals surface area contributed by atoms with Crippen molar-refractivity contribution in [2.24, 2.45) is 5.73 Å². The molecule has 3 N–H and O–H groups in total. The van der Waals surface area contributed by atoms with E-state index in [1.807, 2.05) is 91.0 Å². The third-order valence-corrected chi connectivity index (χ3v) is 4.77. The lowest BCUT2D eigenvalue weighted by atomic mass is 10.0. The second-order valence-corrected chi connectivity index (χ2v) is 7.52. The van der Waals surface area contributed by atoms with E-state index in [9.17, 15) is 19.2 Å². The third kappa shape index (κ3) is 9.74. The highest BCUT2D eigenvalue weighted by molar-refractivity contribution is 6.36. The number of Topliss-reactive ketones (excluding diaryl/α,β-unsaturated/α-hetero) is 2. The molecule has 1 atom stereocenters. The van der Waals surface area contributed by atoms with Crippen LogP contribution in [0.5, 0.6) is 0 Å². The zero-order valence-electron chi connectivity index (χ0n) is 18.6. The van der Waals surface area contributed by atoms with Gasteiger partial charge in [-0.3, -0.25) is 19.2 Å². The van der Waals surface area contributed by atoms with Crippen LogP contribution in [0, 0.1) is 0 Å². The molecule has 0 aromatic heterocycles. The first-order chi connectivity index (χ1) is 15.8. The third-order valence-electron chi connectivity index (χ3n) is 4.77. The first kappa shape index (κ1) is 25.2. The van der Waals surface area contributed by atoms with E-state index in [0.29, 0.717) is 6.42 Å². The highest BCUT2D eigenvalue weighted by Gasteiger charge is 2.18. The maximum atomic E-state index is 12.0. The Balaban J connectivity index is 0.000000273. The van der Waals surface area contributed by atoms with Gasteiger partial charge in [0.2, 0.25) is 17.6 Å². The van der Waals surface area contributed by atoms with Gasteiger partial charge in [-0.25, -0.2) is 0 Å². The van der Waals surface area contributed by atoms with Crippen LogP contribution in [0.1, 0.15) is 23.6 Å². The molecule has 33 heavy (non-hydrogen) atoms. The Morgan fingerprint density at radius 2 is 1.12 bits per heavy atom. The fraction of sp³-hybridized carbons (Fsp3) is 0.185. The summed E-state index contributed by atoms with van der Waals surface area (Å²) in [4.78, 5) is 45.1. The van der Waals surface area contributed by atoms with Crippen molar-refractivity contribution in [3.8, 4) is 0 Å². The lowest BCUT2D eigenvalue weighted by molar-refractivity contribution is -0.134. The number of hydrogen-bond donors (Lipinski definition) is 2. The average Bonchev–Trinajstić information content (AvgIpc) is 2.81. The summed E-state index contributed by atoms with van der Waals surface area (Å²) in [7, 11) is 0. The summed E-state index contributed by atoms with van der Waals surface area (Å²) in [5.74, 6) is -1.44. The first-order valence-corrected chi connectivity index (χ1v) is 10.6. The molecule has 0 saturated carbocycles. The Morgan fingerprint density at radius 3 is 1.55 bits per heavy atom. The SMILES string of the molecule is CC(=O)C(=O)Cc1ccccc1.NC(=O)C(Cc1ccccc1)NC(=O)Cc1ccccc1. The average molecular weight is 445 g/mol. The summed E-state index contributed by atoms with van der Waals surface area (Å²) in [6.07, 6.45) is 0.853. The van der Waals surface area contributed by atoms with E-state index in [1.165, 1.54) is 6.92 Å². The van der Waals surface area contributed by atoms with Gasteiger partial charge < -0.3 is 11.1 Å². The van der Waals surface area contributed by atoms with Gasteiger partial charge in [-0.1, -0.05) is 91.0 Å². The maximum absolute atomic E-state index is 12.0. The van der Waals surface area contributed by atoms with E-state index in [-0.39, 0.29) is 30.3 Å². The van der Waals surface area contributed by atoms with Gasteiger partial charge in [-0.2, -0.15) is 0 Å². The minimum Gasteiger partial charge on any atom is -0.368 e. The van der Waals surface area contributed by atoms with Gasteiger partial charge in [0, 0.05) is 19.8 Å². The maximum Gasteiger partial charge on any atom is 0.240 e. The van der Waals surface area contributed by atoms with E-state index >= 15 is 0 Å². The molecule has 0 heterocycles. The molecule has 0 saturated heterocycles. The molecule has 6 nitrogen and oxygen atoms in total. The van der Waals surface area contributed by atoms with Crippen molar-refractivity contribution < 1.29 is 19.2 Å². The van der Waals surface area contributed by atoms with Crippen LogP contribution in [0.25, 0.3) is 0 Å². The normalized spacial score (nSPS) is 10.8.